The number of benzene rings is 1. The van der Waals surface area contributed by atoms with Gasteiger partial charge >= 0.3 is 0 Å². The van der Waals surface area contributed by atoms with Crippen molar-refractivity contribution in [2.75, 3.05) is 27.2 Å². The lowest BCUT2D eigenvalue weighted by atomic mass is 9.98. The lowest BCUT2D eigenvalue weighted by Gasteiger charge is -2.37. The number of aryl methyl sites for hydroxylation is 1. The highest BCUT2D eigenvalue weighted by molar-refractivity contribution is 5.28. The second-order valence-electron chi connectivity index (χ2n) is 5.65. The Morgan fingerprint density at radius 3 is 2.63 bits per heavy atom. The standard InChI is InChI=1S/C16H23N3/c1-13-5-4-6-14(11-13)16(12-17)19(3)15-7-9-18(2)10-8-15/h4-6,11,15-16H,7-10H2,1-3H3. The van der Waals surface area contributed by atoms with Crippen LogP contribution in [-0.4, -0.2) is 43.0 Å². The zero-order chi connectivity index (χ0) is 13.8. The summed E-state index contributed by atoms with van der Waals surface area (Å²) >= 11 is 0. The Kier molecular flexibility index (Phi) is 4.57. The van der Waals surface area contributed by atoms with Crippen LogP contribution in [0.3, 0.4) is 0 Å². The summed E-state index contributed by atoms with van der Waals surface area (Å²) in [5.74, 6) is 0. The molecular formula is C16H23N3. The number of piperidine rings is 1. The van der Waals surface area contributed by atoms with Gasteiger partial charge in [0.1, 0.15) is 6.04 Å². The monoisotopic (exact) mass is 257 g/mol. The van der Waals surface area contributed by atoms with Crippen LogP contribution in [0.15, 0.2) is 24.3 Å². The lowest BCUT2D eigenvalue weighted by Crippen LogP contribution is -2.43. The van der Waals surface area contributed by atoms with Crippen molar-refractivity contribution in [3.8, 4) is 6.07 Å². The molecule has 0 amide bonds. The van der Waals surface area contributed by atoms with Crippen LogP contribution in [0.2, 0.25) is 0 Å². The van der Waals surface area contributed by atoms with Crippen molar-refractivity contribution in [2.45, 2.75) is 31.8 Å². The minimum Gasteiger partial charge on any atom is -0.306 e. The van der Waals surface area contributed by atoms with Gasteiger partial charge in [0.2, 0.25) is 0 Å². The van der Waals surface area contributed by atoms with Crippen LogP contribution in [0.1, 0.15) is 30.0 Å². The van der Waals surface area contributed by atoms with Crippen molar-refractivity contribution < 1.29 is 0 Å². The summed E-state index contributed by atoms with van der Waals surface area (Å²) in [5, 5.41) is 9.52. The number of likely N-dealkylation sites (tertiary alicyclic amines) is 1. The summed E-state index contributed by atoms with van der Waals surface area (Å²) in [6.07, 6.45) is 2.30. The first-order chi connectivity index (χ1) is 9.11. The van der Waals surface area contributed by atoms with Crippen molar-refractivity contribution in [3.63, 3.8) is 0 Å². The second kappa shape index (κ2) is 6.18. The molecule has 0 aliphatic carbocycles. The van der Waals surface area contributed by atoms with E-state index in [9.17, 15) is 5.26 Å². The van der Waals surface area contributed by atoms with Gasteiger partial charge in [0.25, 0.3) is 0 Å². The molecule has 0 N–H and O–H groups in total. The normalized spacial score (nSPS) is 19.3. The number of hydrogen-bond acceptors (Lipinski definition) is 3. The van der Waals surface area contributed by atoms with E-state index in [0.717, 1.165) is 31.5 Å². The van der Waals surface area contributed by atoms with Crippen LogP contribution in [0.5, 0.6) is 0 Å². The molecule has 0 saturated carbocycles. The van der Waals surface area contributed by atoms with Gasteiger partial charge in [0.15, 0.2) is 0 Å². The molecule has 1 unspecified atom stereocenters. The molecule has 3 heteroatoms. The quantitative estimate of drug-likeness (QED) is 0.833. The lowest BCUT2D eigenvalue weighted by molar-refractivity contribution is 0.126. The van der Waals surface area contributed by atoms with Gasteiger partial charge in [-0.25, -0.2) is 0 Å². The molecule has 19 heavy (non-hydrogen) atoms. The third-order valence-electron chi connectivity index (χ3n) is 4.15. The fraction of sp³-hybridized carbons (Fsp3) is 0.562. The molecule has 1 saturated heterocycles. The van der Waals surface area contributed by atoms with Crippen LogP contribution in [-0.2, 0) is 0 Å². The van der Waals surface area contributed by atoms with Crippen LogP contribution in [0.25, 0.3) is 0 Å². The highest BCUT2D eigenvalue weighted by Crippen LogP contribution is 2.25. The Hall–Kier alpha value is -1.37. The molecular weight excluding hydrogens is 234 g/mol. The molecule has 1 atom stereocenters. The molecule has 102 valence electrons. The number of nitrogens with zero attached hydrogens (tertiary/aromatic N) is 3. The second-order valence-corrected chi connectivity index (χ2v) is 5.65. The van der Waals surface area contributed by atoms with Crippen molar-refractivity contribution in [3.05, 3.63) is 35.4 Å². The smallest absolute Gasteiger partial charge is 0.123 e. The molecule has 1 aliphatic heterocycles. The molecule has 3 nitrogen and oxygen atoms in total. The van der Waals surface area contributed by atoms with Gasteiger partial charge in [-0.1, -0.05) is 29.8 Å². The Labute approximate surface area is 116 Å². The summed E-state index contributed by atoms with van der Waals surface area (Å²) in [6.45, 7) is 4.33. The largest absolute Gasteiger partial charge is 0.306 e. The minimum absolute atomic E-state index is 0.131. The van der Waals surface area contributed by atoms with Gasteiger partial charge in [-0.15, -0.1) is 0 Å². The maximum Gasteiger partial charge on any atom is 0.123 e. The molecule has 1 aromatic rings. The number of nitriles is 1. The predicted octanol–water partition coefficient (Wildman–Crippen LogP) is 2.59. The van der Waals surface area contributed by atoms with Crippen molar-refractivity contribution in [1.29, 1.82) is 5.26 Å². The fourth-order valence-corrected chi connectivity index (χ4v) is 2.85. The molecule has 2 rings (SSSR count). The molecule has 1 fully saturated rings. The summed E-state index contributed by atoms with van der Waals surface area (Å²) < 4.78 is 0. The van der Waals surface area contributed by atoms with E-state index in [2.05, 4.69) is 55.1 Å². The van der Waals surface area contributed by atoms with Crippen LogP contribution in [0, 0.1) is 18.3 Å². The summed E-state index contributed by atoms with van der Waals surface area (Å²) in [4.78, 5) is 4.61. The van der Waals surface area contributed by atoms with E-state index in [1.807, 2.05) is 6.07 Å². The third-order valence-corrected chi connectivity index (χ3v) is 4.15. The van der Waals surface area contributed by atoms with Gasteiger partial charge in [-0.05, 0) is 52.5 Å². The topological polar surface area (TPSA) is 30.3 Å². The molecule has 1 heterocycles. The van der Waals surface area contributed by atoms with E-state index in [4.69, 9.17) is 0 Å². The molecule has 0 bridgehead atoms. The molecule has 1 aromatic carbocycles. The molecule has 0 spiro atoms. The van der Waals surface area contributed by atoms with Crippen molar-refractivity contribution in [2.24, 2.45) is 0 Å². The minimum atomic E-state index is -0.131. The molecule has 1 aliphatic rings. The van der Waals surface area contributed by atoms with Crippen molar-refractivity contribution in [1.82, 2.24) is 9.80 Å². The maximum atomic E-state index is 9.52. The zero-order valence-electron chi connectivity index (χ0n) is 12.1. The van der Waals surface area contributed by atoms with Crippen LogP contribution >= 0.6 is 0 Å². The van der Waals surface area contributed by atoms with Crippen LogP contribution in [0.4, 0.5) is 0 Å². The average Bonchev–Trinajstić information content (AvgIpc) is 2.40. The summed E-state index contributed by atoms with van der Waals surface area (Å²) in [5.41, 5.74) is 2.33. The van der Waals surface area contributed by atoms with E-state index in [1.165, 1.54) is 5.56 Å². The van der Waals surface area contributed by atoms with E-state index >= 15 is 0 Å². The number of rotatable bonds is 3. The van der Waals surface area contributed by atoms with Gasteiger partial charge in [0.05, 0.1) is 6.07 Å². The third kappa shape index (κ3) is 3.34. The van der Waals surface area contributed by atoms with Gasteiger partial charge < -0.3 is 4.90 Å². The van der Waals surface area contributed by atoms with Crippen molar-refractivity contribution >= 4 is 0 Å². The molecule has 0 aromatic heterocycles. The first kappa shape index (κ1) is 14.0. The molecule has 0 radical (unpaired) electrons. The van der Waals surface area contributed by atoms with E-state index in [-0.39, 0.29) is 6.04 Å². The SMILES string of the molecule is Cc1cccc(C(C#N)N(C)C2CCN(C)CC2)c1. The maximum absolute atomic E-state index is 9.52. The first-order valence-electron chi connectivity index (χ1n) is 6.98. The van der Waals surface area contributed by atoms with E-state index in [0.29, 0.717) is 6.04 Å². The van der Waals surface area contributed by atoms with E-state index in [1.54, 1.807) is 0 Å². The Balaban J connectivity index is 2.11. The average molecular weight is 257 g/mol. The Bertz CT molecular complexity index is 455. The van der Waals surface area contributed by atoms with Crippen LogP contribution < -0.4 is 0 Å². The summed E-state index contributed by atoms with van der Waals surface area (Å²) in [7, 11) is 4.25. The highest BCUT2D eigenvalue weighted by atomic mass is 15.2. The zero-order valence-corrected chi connectivity index (χ0v) is 12.1. The Morgan fingerprint density at radius 1 is 1.37 bits per heavy atom. The van der Waals surface area contributed by atoms with Gasteiger partial charge in [-0.2, -0.15) is 5.26 Å². The van der Waals surface area contributed by atoms with E-state index < -0.39 is 0 Å². The van der Waals surface area contributed by atoms with Gasteiger partial charge in [-0.3, -0.25) is 4.90 Å². The predicted molar refractivity (Wildman–Crippen MR) is 77.8 cm³/mol. The first-order valence-corrected chi connectivity index (χ1v) is 6.98. The Morgan fingerprint density at radius 2 is 2.05 bits per heavy atom. The number of hydrogen-bond donors (Lipinski definition) is 0. The fourth-order valence-electron chi connectivity index (χ4n) is 2.85. The summed E-state index contributed by atoms with van der Waals surface area (Å²) in [6, 6.07) is 11.2. The van der Waals surface area contributed by atoms with Gasteiger partial charge in [0, 0.05) is 6.04 Å². The highest BCUT2D eigenvalue weighted by Gasteiger charge is 2.26.